The molecule has 6 aromatic carbocycles. The number of hydrogen-bond donors (Lipinski definition) is 0. The van der Waals surface area contributed by atoms with Crippen LogP contribution in [-0.4, -0.2) is 13.6 Å². The van der Waals surface area contributed by atoms with Crippen LogP contribution in [0.3, 0.4) is 0 Å². The van der Waals surface area contributed by atoms with Crippen LogP contribution in [0.25, 0.3) is 71.2 Å². The molecule has 0 radical (unpaired) electrons. The van der Waals surface area contributed by atoms with Gasteiger partial charge in [-0.05, 0) is 52.9 Å². The van der Waals surface area contributed by atoms with Crippen molar-refractivity contribution in [1.29, 1.82) is 0 Å². The maximum atomic E-state index is 14.0. The summed E-state index contributed by atoms with van der Waals surface area (Å²) in [7, 11) is 0. The average molecular weight is 528 g/mol. The number of para-hydroxylation sites is 2. The Morgan fingerprint density at radius 2 is 1.17 bits per heavy atom. The van der Waals surface area contributed by atoms with Crippen LogP contribution in [0.1, 0.15) is 0 Å². The fourth-order valence-corrected chi connectivity index (χ4v) is 6.65. The Morgan fingerprint density at radius 1 is 0.463 bits per heavy atom. The molecule has 9 rings (SSSR count). The molecule has 0 atom stereocenters. The first-order chi connectivity index (χ1) is 20.2. The Hall–Kier alpha value is -5.68. The van der Waals surface area contributed by atoms with Gasteiger partial charge in [0.05, 0.1) is 32.8 Å². The molecule has 0 fully saturated rings. The molecule has 5 heteroatoms. The van der Waals surface area contributed by atoms with Crippen LogP contribution in [0.15, 0.2) is 137 Å². The molecule has 3 heterocycles. The number of rotatable bonds is 2. The summed E-state index contributed by atoms with van der Waals surface area (Å²) in [5, 5.41) is 5.38. The van der Waals surface area contributed by atoms with Gasteiger partial charge in [-0.15, -0.1) is 0 Å². The van der Waals surface area contributed by atoms with Crippen molar-refractivity contribution in [2.75, 3.05) is 0 Å². The van der Waals surface area contributed by atoms with Crippen molar-refractivity contribution in [3.05, 3.63) is 148 Å². The number of hydrogen-bond acceptors (Lipinski definition) is 2. The van der Waals surface area contributed by atoms with Crippen molar-refractivity contribution in [1.82, 2.24) is 13.6 Å². The van der Waals surface area contributed by atoms with Crippen molar-refractivity contribution in [2.24, 2.45) is 0 Å². The number of aromatic nitrogens is 3. The van der Waals surface area contributed by atoms with E-state index in [-0.39, 0.29) is 11.1 Å². The summed E-state index contributed by atoms with van der Waals surface area (Å²) in [6.45, 7) is 0. The van der Waals surface area contributed by atoms with E-state index in [9.17, 15) is 9.59 Å². The van der Waals surface area contributed by atoms with Crippen LogP contribution in [-0.2, 0) is 0 Å². The third-order valence-corrected chi connectivity index (χ3v) is 8.41. The molecule has 41 heavy (non-hydrogen) atoms. The number of benzene rings is 6. The first-order valence-corrected chi connectivity index (χ1v) is 13.6. The molecule has 192 valence electrons. The lowest BCUT2D eigenvalue weighted by Crippen LogP contribution is -2.21. The zero-order chi connectivity index (χ0) is 27.2. The molecule has 0 aliphatic heterocycles. The molecule has 0 aliphatic rings. The lowest BCUT2D eigenvalue weighted by molar-refractivity contribution is 0.843. The normalized spacial score (nSPS) is 12.1. The summed E-state index contributed by atoms with van der Waals surface area (Å²) in [6, 6.07) is 42.7. The van der Waals surface area contributed by atoms with E-state index in [1.165, 1.54) is 9.90 Å². The average Bonchev–Trinajstić information content (AvgIpc) is 3.63. The van der Waals surface area contributed by atoms with Gasteiger partial charge in [0.25, 0.3) is 11.1 Å². The maximum Gasteiger partial charge on any atom is 0.283 e. The van der Waals surface area contributed by atoms with Gasteiger partial charge in [0.1, 0.15) is 0 Å². The molecule has 5 nitrogen and oxygen atoms in total. The summed E-state index contributed by atoms with van der Waals surface area (Å²) in [4.78, 5) is 27.6. The Balaban J connectivity index is 1.40. The third-order valence-electron chi connectivity index (χ3n) is 8.41. The van der Waals surface area contributed by atoms with Gasteiger partial charge < -0.3 is 4.57 Å². The quantitative estimate of drug-likeness (QED) is 0.235. The van der Waals surface area contributed by atoms with Crippen molar-refractivity contribution in [3.8, 4) is 16.8 Å². The van der Waals surface area contributed by atoms with Crippen LogP contribution >= 0.6 is 0 Å². The molecular weight excluding hydrogens is 506 g/mol. The second kappa shape index (κ2) is 7.93. The summed E-state index contributed by atoms with van der Waals surface area (Å²) in [5.74, 6) is 0. The van der Waals surface area contributed by atoms with Gasteiger partial charge in [-0.3, -0.25) is 9.59 Å². The topological polar surface area (TPSA) is 47.9 Å². The predicted octanol–water partition coefficient (Wildman–Crippen LogP) is 7.42. The summed E-state index contributed by atoms with van der Waals surface area (Å²) >= 11 is 0. The summed E-state index contributed by atoms with van der Waals surface area (Å²) < 4.78 is 5.37. The van der Waals surface area contributed by atoms with Crippen molar-refractivity contribution >= 4 is 54.4 Å². The first kappa shape index (κ1) is 22.2. The minimum Gasteiger partial charge on any atom is -0.309 e. The molecule has 0 saturated heterocycles. The molecule has 0 aliphatic carbocycles. The maximum absolute atomic E-state index is 14.0. The molecular formula is C36H21N3O2. The van der Waals surface area contributed by atoms with E-state index in [1.807, 2.05) is 72.8 Å². The molecule has 9 aromatic rings. The van der Waals surface area contributed by atoms with Gasteiger partial charge in [-0.1, -0.05) is 91.0 Å². The summed E-state index contributed by atoms with van der Waals surface area (Å²) in [5.41, 5.74) is 5.89. The van der Waals surface area contributed by atoms with E-state index in [0.717, 1.165) is 55.0 Å². The fraction of sp³-hybridized carbons (Fsp3) is 0. The second-order valence-electron chi connectivity index (χ2n) is 10.5. The van der Waals surface area contributed by atoms with Crippen LogP contribution in [0.4, 0.5) is 0 Å². The minimum atomic E-state index is -0.301. The second-order valence-corrected chi connectivity index (χ2v) is 10.5. The third kappa shape index (κ3) is 2.84. The van der Waals surface area contributed by atoms with E-state index < -0.39 is 0 Å². The summed E-state index contributed by atoms with van der Waals surface area (Å²) in [6.07, 6.45) is 0. The van der Waals surface area contributed by atoms with Gasteiger partial charge in [0.15, 0.2) is 0 Å². The van der Waals surface area contributed by atoms with Gasteiger partial charge in [0.2, 0.25) is 0 Å². The zero-order valence-corrected chi connectivity index (χ0v) is 21.8. The smallest absolute Gasteiger partial charge is 0.283 e. The monoisotopic (exact) mass is 527 g/mol. The standard InChI is InChI=1S/C36H21N3O2/c40-35-29-20-17-22-9-4-5-12-26(22)34(29)38-31-16-8-14-25(33(31)36(41)39(35)38)23-18-19-28-27-13-6-7-15-30(27)37(32(28)21-23)24-10-2-1-3-11-24/h1-21H. The SMILES string of the molecule is O=c1c2ccc3ccccc3c2n2c3cccc(-c4ccc5c6ccccc6n(-c6ccccc6)c5c4)c3c(=O)n12. The molecule has 0 bridgehead atoms. The predicted molar refractivity (Wildman–Crippen MR) is 167 cm³/mol. The van der Waals surface area contributed by atoms with Crippen LogP contribution in [0.5, 0.6) is 0 Å². The van der Waals surface area contributed by atoms with Crippen molar-refractivity contribution in [3.63, 3.8) is 0 Å². The molecule has 0 saturated carbocycles. The van der Waals surface area contributed by atoms with Crippen LogP contribution in [0.2, 0.25) is 0 Å². The Morgan fingerprint density at radius 3 is 2.05 bits per heavy atom. The molecule has 0 N–H and O–H groups in total. The molecule has 0 spiro atoms. The Bertz CT molecular complexity index is 2620. The lowest BCUT2D eigenvalue weighted by Gasteiger charge is -2.09. The minimum absolute atomic E-state index is 0.294. The van der Waals surface area contributed by atoms with E-state index in [0.29, 0.717) is 10.8 Å². The molecule has 0 amide bonds. The van der Waals surface area contributed by atoms with Crippen molar-refractivity contribution < 1.29 is 0 Å². The zero-order valence-electron chi connectivity index (χ0n) is 21.8. The highest BCUT2D eigenvalue weighted by Crippen LogP contribution is 2.36. The van der Waals surface area contributed by atoms with Gasteiger partial charge in [-0.25, -0.2) is 4.52 Å². The lowest BCUT2D eigenvalue weighted by atomic mass is 10.00. The van der Waals surface area contributed by atoms with Crippen LogP contribution < -0.4 is 11.1 Å². The van der Waals surface area contributed by atoms with Crippen molar-refractivity contribution in [2.45, 2.75) is 0 Å². The van der Waals surface area contributed by atoms with Gasteiger partial charge >= 0.3 is 0 Å². The largest absolute Gasteiger partial charge is 0.309 e. The Labute approximate surface area is 232 Å². The molecule has 3 aromatic heterocycles. The number of fused-ring (bicyclic) bond motifs is 10. The van der Waals surface area contributed by atoms with E-state index >= 15 is 0 Å². The van der Waals surface area contributed by atoms with E-state index in [2.05, 4.69) is 59.2 Å². The number of nitrogens with zero attached hydrogens (tertiary/aromatic N) is 3. The molecule has 0 unspecified atom stereocenters. The first-order valence-electron chi connectivity index (χ1n) is 13.6. The Kier molecular flexibility index (Phi) is 4.29. The van der Waals surface area contributed by atoms with E-state index in [1.54, 1.807) is 4.52 Å². The van der Waals surface area contributed by atoms with Gasteiger partial charge in [0, 0.05) is 21.8 Å². The highest BCUT2D eigenvalue weighted by molar-refractivity contribution is 6.11. The van der Waals surface area contributed by atoms with Crippen LogP contribution in [0, 0.1) is 0 Å². The highest BCUT2D eigenvalue weighted by Gasteiger charge is 2.22. The van der Waals surface area contributed by atoms with E-state index in [4.69, 9.17) is 0 Å². The van der Waals surface area contributed by atoms with Gasteiger partial charge in [-0.2, -0.15) is 4.52 Å². The fourth-order valence-electron chi connectivity index (χ4n) is 6.65. The highest BCUT2D eigenvalue weighted by atomic mass is 16.2.